The van der Waals surface area contributed by atoms with Gasteiger partial charge >= 0.3 is 0 Å². The number of hydrogen-bond acceptors (Lipinski definition) is 4. The SMILES string of the molecule is CC(O)C1[C@@H]2CC(CO)(CO)C[C@@H]2[C@@]2(C)CC[C@@]12O[Si](C)(C)C(C)(C)C. The van der Waals surface area contributed by atoms with Gasteiger partial charge in [-0.3, -0.25) is 0 Å². The molecule has 26 heavy (non-hydrogen) atoms. The maximum atomic E-state index is 10.8. The van der Waals surface area contributed by atoms with Crippen LogP contribution in [-0.2, 0) is 4.43 Å². The molecular weight excluding hydrogens is 344 g/mol. The highest BCUT2D eigenvalue weighted by molar-refractivity contribution is 6.74. The second-order valence-electron chi connectivity index (χ2n) is 11.4. The Bertz CT molecular complexity index is 551. The second kappa shape index (κ2) is 6.03. The number of hydrogen-bond donors (Lipinski definition) is 3. The quantitative estimate of drug-likeness (QED) is 0.634. The molecule has 3 aliphatic rings. The molecule has 152 valence electrons. The topological polar surface area (TPSA) is 69.9 Å². The lowest BCUT2D eigenvalue weighted by Gasteiger charge is -2.62. The Morgan fingerprint density at radius 2 is 1.69 bits per heavy atom. The molecule has 4 nitrogen and oxygen atoms in total. The van der Waals surface area contributed by atoms with Gasteiger partial charge in [0.15, 0.2) is 8.32 Å². The summed E-state index contributed by atoms with van der Waals surface area (Å²) in [7, 11) is -1.98. The van der Waals surface area contributed by atoms with Crippen molar-refractivity contribution < 1.29 is 19.7 Å². The number of aliphatic hydroxyl groups is 3. The van der Waals surface area contributed by atoms with Gasteiger partial charge in [0.05, 0.1) is 24.9 Å². The highest BCUT2D eigenvalue weighted by atomic mass is 28.4. The van der Waals surface area contributed by atoms with E-state index in [1.807, 2.05) is 6.92 Å². The van der Waals surface area contributed by atoms with E-state index in [1.165, 1.54) is 0 Å². The third-order valence-electron chi connectivity index (χ3n) is 9.07. The van der Waals surface area contributed by atoms with E-state index in [2.05, 4.69) is 40.8 Å². The van der Waals surface area contributed by atoms with Crippen LogP contribution in [0.4, 0.5) is 0 Å². The number of aliphatic hydroxyl groups excluding tert-OH is 3. The third-order valence-corrected chi connectivity index (χ3v) is 13.6. The molecule has 0 aliphatic heterocycles. The molecule has 6 atom stereocenters. The molecule has 0 heterocycles. The largest absolute Gasteiger partial charge is 0.410 e. The van der Waals surface area contributed by atoms with Crippen molar-refractivity contribution in [2.45, 2.75) is 90.1 Å². The summed E-state index contributed by atoms with van der Waals surface area (Å²) in [4.78, 5) is 0. The minimum Gasteiger partial charge on any atom is -0.410 e. The highest BCUT2D eigenvalue weighted by Crippen LogP contribution is 2.76. The van der Waals surface area contributed by atoms with Crippen molar-refractivity contribution in [3.63, 3.8) is 0 Å². The zero-order valence-electron chi connectivity index (χ0n) is 17.8. The van der Waals surface area contributed by atoms with Gasteiger partial charge in [0.1, 0.15) is 0 Å². The maximum Gasteiger partial charge on any atom is 0.192 e. The summed E-state index contributed by atoms with van der Waals surface area (Å²) >= 11 is 0. The zero-order valence-corrected chi connectivity index (χ0v) is 18.8. The maximum absolute atomic E-state index is 10.8. The van der Waals surface area contributed by atoms with Crippen LogP contribution in [0, 0.1) is 28.6 Å². The molecule has 0 radical (unpaired) electrons. The average molecular weight is 385 g/mol. The van der Waals surface area contributed by atoms with E-state index in [0.717, 1.165) is 25.7 Å². The Kier molecular flexibility index (Phi) is 4.82. The number of fused-ring (bicyclic) bond motifs is 3. The van der Waals surface area contributed by atoms with E-state index in [-0.39, 0.29) is 40.6 Å². The monoisotopic (exact) mass is 384 g/mol. The van der Waals surface area contributed by atoms with Crippen LogP contribution in [0.25, 0.3) is 0 Å². The third kappa shape index (κ3) is 2.53. The van der Waals surface area contributed by atoms with Crippen molar-refractivity contribution in [1.29, 1.82) is 0 Å². The van der Waals surface area contributed by atoms with Crippen molar-refractivity contribution in [1.82, 2.24) is 0 Å². The predicted octanol–water partition coefficient (Wildman–Crippen LogP) is 3.55. The summed E-state index contributed by atoms with van der Waals surface area (Å²) in [5.41, 5.74) is -0.582. The van der Waals surface area contributed by atoms with Gasteiger partial charge in [0, 0.05) is 11.3 Å². The zero-order chi connectivity index (χ0) is 19.8. The first-order chi connectivity index (χ1) is 11.8. The standard InChI is InChI=1S/C21H40O4Si/c1-14(24)17-15-10-20(12-22,13-23)11-16(15)19(5)8-9-21(17,19)25-26(6,7)18(2,3)4/h14-17,22-24H,8-13H2,1-7H3/t14?,15-,16+,17?,19-,21-/m1/s1. The van der Waals surface area contributed by atoms with Crippen LogP contribution in [0.5, 0.6) is 0 Å². The summed E-state index contributed by atoms with van der Waals surface area (Å²) in [5, 5.41) is 30.9. The van der Waals surface area contributed by atoms with E-state index in [0.29, 0.717) is 11.8 Å². The average Bonchev–Trinajstić information content (AvgIpc) is 2.95. The summed E-state index contributed by atoms with van der Waals surface area (Å²) in [6.07, 6.45) is 3.39. The first-order valence-electron chi connectivity index (χ1n) is 10.4. The first kappa shape index (κ1) is 20.8. The lowest BCUT2D eigenvalue weighted by atomic mass is 9.53. The van der Waals surface area contributed by atoms with Gasteiger partial charge in [0.2, 0.25) is 0 Å². The lowest BCUT2D eigenvalue weighted by Crippen LogP contribution is -2.66. The molecule has 0 amide bonds. The van der Waals surface area contributed by atoms with E-state index in [4.69, 9.17) is 4.43 Å². The number of rotatable bonds is 5. The van der Waals surface area contributed by atoms with Crippen molar-refractivity contribution in [3.05, 3.63) is 0 Å². The van der Waals surface area contributed by atoms with Crippen LogP contribution in [0.2, 0.25) is 18.1 Å². The van der Waals surface area contributed by atoms with Crippen molar-refractivity contribution >= 4 is 8.32 Å². The van der Waals surface area contributed by atoms with E-state index in [9.17, 15) is 15.3 Å². The molecular formula is C21H40O4Si. The van der Waals surface area contributed by atoms with Crippen molar-refractivity contribution in [2.75, 3.05) is 13.2 Å². The fourth-order valence-electron chi connectivity index (χ4n) is 6.48. The molecule has 0 bridgehead atoms. The van der Waals surface area contributed by atoms with Crippen LogP contribution in [0.3, 0.4) is 0 Å². The summed E-state index contributed by atoms with van der Waals surface area (Å²) < 4.78 is 7.15. The van der Waals surface area contributed by atoms with Crippen LogP contribution < -0.4 is 0 Å². The highest BCUT2D eigenvalue weighted by Gasteiger charge is 2.76. The van der Waals surface area contributed by atoms with Gasteiger partial charge in [-0.1, -0.05) is 27.7 Å². The molecule has 2 unspecified atom stereocenters. The van der Waals surface area contributed by atoms with Crippen molar-refractivity contribution in [2.24, 2.45) is 28.6 Å². The molecule has 3 rings (SSSR count). The molecule has 0 aromatic rings. The van der Waals surface area contributed by atoms with Gasteiger partial charge < -0.3 is 19.7 Å². The van der Waals surface area contributed by atoms with E-state index in [1.54, 1.807) is 0 Å². The van der Waals surface area contributed by atoms with Gasteiger partial charge in [0.25, 0.3) is 0 Å². The van der Waals surface area contributed by atoms with Crippen LogP contribution >= 0.6 is 0 Å². The molecule has 0 aromatic heterocycles. The van der Waals surface area contributed by atoms with Crippen LogP contribution in [0.1, 0.15) is 60.3 Å². The van der Waals surface area contributed by atoms with Crippen molar-refractivity contribution in [3.8, 4) is 0 Å². The summed E-state index contributed by atoms with van der Waals surface area (Å²) in [6.45, 7) is 15.8. The Balaban J connectivity index is 2.01. The van der Waals surface area contributed by atoms with Gasteiger partial charge in [-0.05, 0) is 68.0 Å². The smallest absolute Gasteiger partial charge is 0.192 e. The molecule has 0 aromatic carbocycles. The molecule has 3 N–H and O–H groups in total. The molecule has 0 saturated heterocycles. The van der Waals surface area contributed by atoms with Crippen LogP contribution in [-0.4, -0.2) is 48.6 Å². The lowest BCUT2D eigenvalue weighted by molar-refractivity contribution is -0.184. The van der Waals surface area contributed by atoms with Gasteiger partial charge in [-0.2, -0.15) is 0 Å². The molecule has 3 aliphatic carbocycles. The Hall–Kier alpha value is 0.0569. The van der Waals surface area contributed by atoms with E-state index >= 15 is 0 Å². The first-order valence-corrected chi connectivity index (χ1v) is 13.3. The minimum atomic E-state index is -1.98. The summed E-state index contributed by atoms with van der Waals surface area (Å²) in [5.74, 6) is 0.840. The minimum absolute atomic E-state index is 0.0369. The molecule has 5 heteroatoms. The Labute approximate surface area is 160 Å². The molecule has 3 saturated carbocycles. The predicted molar refractivity (Wildman–Crippen MR) is 106 cm³/mol. The normalized spacial score (nSPS) is 42.9. The van der Waals surface area contributed by atoms with Gasteiger partial charge in [-0.25, -0.2) is 0 Å². The molecule has 0 spiro atoms. The van der Waals surface area contributed by atoms with E-state index < -0.39 is 14.4 Å². The Morgan fingerprint density at radius 3 is 2.08 bits per heavy atom. The fourth-order valence-corrected chi connectivity index (χ4v) is 8.16. The fraction of sp³-hybridized carbons (Fsp3) is 1.00. The van der Waals surface area contributed by atoms with Crippen LogP contribution in [0.15, 0.2) is 0 Å². The Morgan fingerprint density at radius 1 is 1.12 bits per heavy atom. The second-order valence-corrected chi connectivity index (χ2v) is 16.2. The summed E-state index contributed by atoms with van der Waals surface area (Å²) in [6, 6.07) is 0. The van der Waals surface area contributed by atoms with Gasteiger partial charge in [-0.15, -0.1) is 0 Å². The molecule has 3 fully saturated rings.